The van der Waals surface area contributed by atoms with Crippen LogP contribution < -0.4 is 15.6 Å². The van der Waals surface area contributed by atoms with Gasteiger partial charge < -0.3 is 25.0 Å². The lowest BCUT2D eigenvalue weighted by Gasteiger charge is -2.20. The predicted molar refractivity (Wildman–Crippen MR) is 157 cm³/mol. The second-order valence-electron chi connectivity index (χ2n) is 9.85. The van der Waals surface area contributed by atoms with Gasteiger partial charge in [-0.1, -0.05) is 18.5 Å². The number of likely N-dealkylation sites (tertiary alicyclic amines) is 1. The molecule has 2 heterocycles. The molecule has 228 valence electrons. The molecule has 0 radical (unpaired) electrons. The second-order valence-corrected chi connectivity index (χ2v) is 10.3. The lowest BCUT2D eigenvalue weighted by Crippen LogP contribution is -2.39. The first kappa shape index (κ1) is 31.6. The maximum Gasteiger partial charge on any atom is 0.408 e. The van der Waals surface area contributed by atoms with Crippen LogP contribution in [0.5, 0.6) is 5.75 Å². The van der Waals surface area contributed by atoms with Crippen molar-refractivity contribution >= 4 is 41.2 Å². The first-order valence-corrected chi connectivity index (χ1v) is 13.7. The third-order valence-electron chi connectivity index (χ3n) is 7.14. The van der Waals surface area contributed by atoms with Gasteiger partial charge in [0.25, 0.3) is 5.56 Å². The number of nitrogens with one attached hydrogen (secondary N) is 1. The van der Waals surface area contributed by atoms with Crippen molar-refractivity contribution in [2.24, 2.45) is 0 Å². The zero-order chi connectivity index (χ0) is 32.1. The van der Waals surface area contributed by atoms with Crippen molar-refractivity contribution in [1.29, 1.82) is 5.26 Å². The highest BCUT2D eigenvalue weighted by molar-refractivity contribution is 6.31. The Balaban J connectivity index is 1.48. The first-order valence-electron chi connectivity index (χ1n) is 13.3. The molecule has 3 aromatic rings. The Bertz CT molecular complexity index is 1690. The lowest BCUT2D eigenvalue weighted by atomic mass is 10.00. The molecule has 3 atom stereocenters. The molecular weight excluding hydrogens is 596 g/mol. The SMILES string of the molecule is CCC(C(=O)Nc1ccc(C(=O)O[C@@H]2C[C@H](C(=O)O)N(C(=O)O)C2)cc1)n1cc(OC)c(-c2cc(Cl)ccc2C#N)cc1=O. The van der Waals surface area contributed by atoms with Gasteiger partial charge >= 0.3 is 18.0 Å². The van der Waals surface area contributed by atoms with Gasteiger partial charge in [0.2, 0.25) is 5.91 Å². The molecule has 2 aromatic carbocycles. The summed E-state index contributed by atoms with van der Waals surface area (Å²) >= 11 is 6.13. The minimum absolute atomic E-state index is 0.102. The Morgan fingerprint density at radius 3 is 2.39 bits per heavy atom. The molecule has 4 rings (SSSR count). The highest BCUT2D eigenvalue weighted by Crippen LogP contribution is 2.33. The zero-order valence-electron chi connectivity index (χ0n) is 23.5. The van der Waals surface area contributed by atoms with Crippen LogP contribution in [0.2, 0.25) is 5.02 Å². The Labute approximate surface area is 255 Å². The molecule has 1 aromatic heterocycles. The largest absolute Gasteiger partial charge is 0.495 e. The summed E-state index contributed by atoms with van der Waals surface area (Å²) in [6.45, 7) is 1.46. The standard InChI is InChI=1S/C30H27ClN4O9/c1-3-23(34-15-25(43-2)22(12-26(34)36)21-10-18(31)7-4-17(21)13-32)27(37)33-19-8-5-16(6-9-19)29(40)44-20-11-24(28(38)39)35(14-20)30(41)42/h4-10,12,15,20,23-24H,3,11,14H2,1-2H3,(H,33,37)(H,38,39)(H,41,42)/t20-,23?,24-/m1/s1. The number of aliphatic carboxylic acids is 1. The molecule has 13 nitrogen and oxygen atoms in total. The Hall–Kier alpha value is -5.35. The van der Waals surface area contributed by atoms with E-state index in [1.807, 2.05) is 0 Å². The van der Waals surface area contributed by atoms with Gasteiger partial charge in [-0.3, -0.25) is 19.1 Å². The average molecular weight is 623 g/mol. The van der Waals surface area contributed by atoms with Crippen molar-refractivity contribution in [3.8, 4) is 22.9 Å². The number of amides is 2. The minimum atomic E-state index is -1.42. The van der Waals surface area contributed by atoms with Crippen molar-refractivity contribution in [3.63, 3.8) is 0 Å². The number of esters is 1. The van der Waals surface area contributed by atoms with Gasteiger partial charge in [-0.25, -0.2) is 14.4 Å². The van der Waals surface area contributed by atoms with Crippen molar-refractivity contribution in [2.75, 3.05) is 19.0 Å². The maximum absolute atomic E-state index is 13.3. The molecule has 3 N–H and O–H groups in total. The number of hydrogen-bond donors (Lipinski definition) is 3. The van der Waals surface area contributed by atoms with Crippen LogP contribution in [0.4, 0.5) is 10.5 Å². The van der Waals surface area contributed by atoms with Crippen LogP contribution >= 0.6 is 11.6 Å². The molecule has 1 aliphatic heterocycles. The van der Waals surface area contributed by atoms with Gasteiger partial charge in [-0.05, 0) is 48.9 Å². The number of methoxy groups -OCH3 is 1. The van der Waals surface area contributed by atoms with Crippen molar-refractivity contribution in [1.82, 2.24) is 9.47 Å². The van der Waals surface area contributed by atoms with E-state index in [4.69, 9.17) is 21.1 Å². The van der Waals surface area contributed by atoms with Gasteiger partial charge in [0.1, 0.15) is 23.9 Å². The van der Waals surface area contributed by atoms with E-state index in [1.165, 1.54) is 54.3 Å². The van der Waals surface area contributed by atoms with Crippen LogP contribution in [-0.4, -0.2) is 69.4 Å². The molecule has 0 bridgehead atoms. The van der Waals surface area contributed by atoms with Crippen LogP contribution in [0.1, 0.15) is 41.7 Å². The van der Waals surface area contributed by atoms with Crippen LogP contribution in [-0.2, 0) is 14.3 Å². The molecule has 14 heteroatoms. The summed E-state index contributed by atoms with van der Waals surface area (Å²) in [6.07, 6.45) is -0.894. The normalized spacial score (nSPS) is 16.5. The van der Waals surface area contributed by atoms with Gasteiger partial charge in [-0.15, -0.1) is 0 Å². The number of nitriles is 1. The fraction of sp³-hybridized carbons (Fsp3) is 0.267. The van der Waals surface area contributed by atoms with Crippen LogP contribution in [0.3, 0.4) is 0 Å². The van der Waals surface area contributed by atoms with E-state index in [-0.39, 0.29) is 36.3 Å². The van der Waals surface area contributed by atoms with E-state index in [0.717, 1.165) is 0 Å². The summed E-state index contributed by atoms with van der Waals surface area (Å²) in [6, 6.07) is 11.4. The molecule has 0 spiro atoms. The molecule has 1 saturated heterocycles. The van der Waals surface area contributed by atoms with Crippen molar-refractivity contribution in [3.05, 3.63) is 81.2 Å². The third kappa shape index (κ3) is 6.66. The summed E-state index contributed by atoms with van der Waals surface area (Å²) in [5, 5.41) is 31.1. The van der Waals surface area contributed by atoms with Crippen LogP contribution in [0.25, 0.3) is 11.1 Å². The van der Waals surface area contributed by atoms with E-state index in [9.17, 15) is 39.4 Å². The topological polar surface area (TPSA) is 188 Å². The van der Waals surface area contributed by atoms with E-state index >= 15 is 0 Å². The van der Waals surface area contributed by atoms with Gasteiger partial charge in [0.05, 0.1) is 37.0 Å². The molecule has 44 heavy (non-hydrogen) atoms. The summed E-state index contributed by atoms with van der Waals surface area (Å²) in [4.78, 5) is 62.4. The molecule has 1 aliphatic rings. The fourth-order valence-corrected chi connectivity index (χ4v) is 5.13. The lowest BCUT2D eigenvalue weighted by molar-refractivity contribution is -0.141. The number of anilines is 1. The fourth-order valence-electron chi connectivity index (χ4n) is 4.95. The second kappa shape index (κ2) is 13.3. The van der Waals surface area contributed by atoms with Gasteiger partial charge in [0, 0.05) is 34.3 Å². The van der Waals surface area contributed by atoms with E-state index in [0.29, 0.717) is 26.7 Å². The van der Waals surface area contributed by atoms with Crippen molar-refractivity contribution < 1.29 is 38.9 Å². The maximum atomic E-state index is 13.3. The van der Waals surface area contributed by atoms with Crippen LogP contribution in [0.15, 0.2) is 59.5 Å². The predicted octanol–water partition coefficient (Wildman–Crippen LogP) is 4.00. The number of rotatable bonds is 9. The minimum Gasteiger partial charge on any atom is -0.495 e. The number of carbonyl (C=O) groups excluding carboxylic acids is 2. The Kier molecular flexibility index (Phi) is 9.55. The third-order valence-corrected chi connectivity index (χ3v) is 7.37. The van der Waals surface area contributed by atoms with Crippen molar-refractivity contribution in [2.45, 2.75) is 38.0 Å². The average Bonchev–Trinajstić information content (AvgIpc) is 3.43. The molecule has 2 amide bonds. The number of benzene rings is 2. The highest BCUT2D eigenvalue weighted by atomic mass is 35.5. The molecule has 1 fully saturated rings. The number of pyridine rings is 1. The Morgan fingerprint density at radius 1 is 1.11 bits per heavy atom. The monoisotopic (exact) mass is 622 g/mol. The first-order chi connectivity index (χ1) is 21.0. The molecule has 0 aliphatic carbocycles. The van der Waals surface area contributed by atoms with Crippen LogP contribution in [0, 0.1) is 11.3 Å². The zero-order valence-corrected chi connectivity index (χ0v) is 24.3. The number of aromatic nitrogens is 1. The summed E-state index contributed by atoms with van der Waals surface area (Å²) in [5.41, 5.74) is 0.955. The number of hydrogen-bond acceptors (Lipinski definition) is 8. The number of carbonyl (C=O) groups is 4. The van der Waals surface area contributed by atoms with E-state index in [1.54, 1.807) is 19.1 Å². The summed E-state index contributed by atoms with van der Waals surface area (Å²) < 4.78 is 12.0. The van der Waals surface area contributed by atoms with Gasteiger partial charge in [-0.2, -0.15) is 5.26 Å². The molecular formula is C30H27ClN4O9. The quantitative estimate of drug-likeness (QED) is 0.294. The molecule has 1 unspecified atom stereocenters. The highest BCUT2D eigenvalue weighted by Gasteiger charge is 2.41. The van der Waals surface area contributed by atoms with Gasteiger partial charge in [0.15, 0.2) is 0 Å². The summed E-state index contributed by atoms with van der Waals surface area (Å²) in [5.74, 6) is -2.38. The van der Waals surface area contributed by atoms with E-state index in [2.05, 4.69) is 11.4 Å². The number of carboxylic acids is 1. The number of ether oxygens (including phenoxy) is 2. The smallest absolute Gasteiger partial charge is 0.408 e. The number of nitrogens with zero attached hydrogens (tertiary/aromatic N) is 3. The number of halogens is 1. The number of carboxylic acid groups (broad SMARTS) is 2. The van der Waals surface area contributed by atoms with E-state index < -0.39 is 47.7 Å². The molecule has 0 saturated carbocycles. The summed E-state index contributed by atoms with van der Waals surface area (Å²) in [7, 11) is 1.40. The Morgan fingerprint density at radius 2 is 1.82 bits per heavy atom.